The molecule has 1 aliphatic carbocycles. The molecule has 2 N–H and O–H groups in total. The van der Waals surface area contributed by atoms with Crippen LogP contribution in [0.5, 0.6) is 0 Å². The van der Waals surface area contributed by atoms with Gasteiger partial charge in [0.2, 0.25) is 0 Å². The Kier molecular flexibility index (Phi) is 4.64. The Balaban J connectivity index is 2.09. The van der Waals surface area contributed by atoms with Gasteiger partial charge in [-0.2, -0.15) is 0 Å². The van der Waals surface area contributed by atoms with Crippen LogP contribution in [0, 0.1) is 12.8 Å². The maximum absolute atomic E-state index is 6.13. The average molecular weight is 260 g/mol. The molecule has 106 valence electrons. The number of aryl methyl sites for hydroxylation is 1. The number of nitrogens with two attached hydrogens (primary N) is 1. The molecule has 2 nitrogen and oxygen atoms in total. The standard InChI is InChI=1S/C17H28N2/c1-14-8-10-17(13-18,11-9-14)19(3)12-16-7-5-4-6-15(16)2/h4-7,14H,8-13,18H2,1-3H3. The third-order valence-corrected chi connectivity index (χ3v) is 5.06. The fourth-order valence-electron chi connectivity index (χ4n) is 3.25. The van der Waals surface area contributed by atoms with Crippen molar-refractivity contribution in [2.45, 2.75) is 51.6 Å². The lowest BCUT2D eigenvalue weighted by Gasteiger charge is -2.45. The zero-order valence-corrected chi connectivity index (χ0v) is 12.7. The zero-order chi connectivity index (χ0) is 13.9. The molecule has 0 atom stereocenters. The van der Waals surface area contributed by atoms with Crippen molar-refractivity contribution in [1.29, 1.82) is 0 Å². The molecule has 1 saturated carbocycles. The van der Waals surface area contributed by atoms with Crippen molar-refractivity contribution >= 4 is 0 Å². The van der Waals surface area contributed by atoms with Gasteiger partial charge in [-0.3, -0.25) is 4.90 Å². The Morgan fingerprint density at radius 2 is 1.89 bits per heavy atom. The summed E-state index contributed by atoms with van der Waals surface area (Å²) < 4.78 is 0. The van der Waals surface area contributed by atoms with Gasteiger partial charge in [0.05, 0.1) is 0 Å². The van der Waals surface area contributed by atoms with Gasteiger partial charge in [-0.1, -0.05) is 31.2 Å². The molecule has 1 aliphatic rings. The van der Waals surface area contributed by atoms with E-state index in [4.69, 9.17) is 5.73 Å². The summed E-state index contributed by atoms with van der Waals surface area (Å²) in [7, 11) is 2.25. The van der Waals surface area contributed by atoms with Crippen LogP contribution in [0.3, 0.4) is 0 Å². The van der Waals surface area contributed by atoms with Gasteiger partial charge in [0.25, 0.3) is 0 Å². The fraction of sp³-hybridized carbons (Fsp3) is 0.647. The van der Waals surface area contributed by atoms with E-state index in [0.717, 1.165) is 19.0 Å². The molecular formula is C17H28N2. The number of nitrogens with zero attached hydrogens (tertiary/aromatic N) is 1. The highest BCUT2D eigenvalue weighted by Crippen LogP contribution is 2.35. The molecule has 2 heteroatoms. The first kappa shape index (κ1) is 14.5. The maximum atomic E-state index is 6.13. The maximum Gasteiger partial charge on any atom is 0.0332 e. The minimum absolute atomic E-state index is 0.217. The molecule has 0 bridgehead atoms. The molecule has 1 aromatic carbocycles. The molecule has 0 saturated heterocycles. The average Bonchev–Trinajstić information content (AvgIpc) is 2.42. The Hall–Kier alpha value is -0.860. The van der Waals surface area contributed by atoms with E-state index >= 15 is 0 Å². The fourth-order valence-corrected chi connectivity index (χ4v) is 3.25. The lowest BCUT2D eigenvalue weighted by atomic mass is 9.76. The zero-order valence-electron chi connectivity index (χ0n) is 12.7. The Morgan fingerprint density at radius 3 is 2.47 bits per heavy atom. The minimum Gasteiger partial charge on any atom is -0.329 e. The van der Waals surface area contributed by atoms with E-state index in [0.29, 0.717) is 0 Å². The van der Waals surface area contributed by atoms with Gasteiger partial charge in [-0.25, -0.2) is 0 Å². The molecule has 0 aromatic heterocycles. The number of rotatable bonds is 4. The molecule has 0 radical (unpaired) electrons. The first-order chi connectivity index (χ1) is 9.07. The summed E-state index contributed by atoms with van der Waals surface area (Å²) in [4.78, 5) is 2.50. The van der Waals surface area contributed by atoms with E-state index < -0.39 is 0 Å². The van der Waals surface area contributed by atoms with Crippen LogP contribution >= 0.6 is 0 Å². The third kappa shape index (κ3) is 3.18. The van der Waals surface area contributed by atoms with E-state index in [-0.39, 0.29) is 5.54 Å². The SMILES string of the molecule is Cc1ccccc1CN(C)C1(CN)CCC(C)CC1. The van der Waals surface area contributed by atoms with E-state index in [9.17, 15) is 0 Å². The van der Waals surface area contributed by atoms with Gasteiger partial charge in [0.1, 0.15) is 0 Å². The van der Waals surface area contributed by atoms with E-state index in [1.165, 1.54) is 36.8 Å². The first-order valence-corrected chi connectivity index (χ1v) is 7.53. The highest BCUT2D eigenvalue weighted by Gasteiger charge is 2.36. The van der Waals surface area contributed by atoms with Crippen molar-refractivity contribution in [3.8, 4) is 0 Å². The van der Waals surface area contributed by atoms with Gasteiger partial charge in [0, 0.05) is 18.6 Å². The van der Waals surface area contributed by atoms with Crippen LogP contribution in [0.15, 0.2) is 24.3 Å². The number of hydrogen-bond acceptors (Lipinski definition) is 2. The van der Waals surface area contributed by atoms with Gasteiger partial charge < -0.3 is 5.73 Å². The van der Waals surface area contributed by atoms with Crippen LogP contribution in [0.1, 0.15) is 43.7 Å². The Bertz CT molecular complexity index is 405. The van der Waals surface area contributed by atoms with Crippen molar-refractivity contribution in [2.75, 3.05) is 13.6 Å². The van der Waals surface area contributed by atoms with E-state index in [1.54, 1.807) is 0 Å². The minimum atomic E-state index is 0.217. The smallest absolute Gasteiger partial charge is 0.0332 e. The van der Waals surface area contributed by atoms with Gasteiger partial charge >= 0.3 is 0 Å². The van der Waals surface area contributed by atoms with Crippen molar-refractivity contribution in [2.24, 2.45) is 11.7 Å². The van der Waals surface area contributed by atoms with Crippen LogP contribution in [0.25, 0.3) is 0 Å². The predicted octanol–water partition coefficient (Wildman–Crippen LogP) is 3.33. The molecule has 1 fully saturated rings. The summed E-state index contributed by atoms with van der Waals surface area (Å²) in [6.07, 6.45) is 5.12. The van der Waals surface area contributed by atoms with Crippen molar-refractivity contribution in [3.63, 3.8) is 0 Å². The summed E-state index contributed by atoms with van der Waals surface area (Å²) in [5.74, 6) is 0.867. The quantitative estimate of drug-likeness (QED) is 0.899. The largest absolute Gasteiger partial charge is 0.329 e. The monoisotopic (exact) mass is 260 g/mol. The van der Waals surface area contributed by atoms with Crippen molar-refractivity contribution < 1.29 is 0 Å². The van der Waals surface area contributed by atoms with Gasteiger partial charge in [-0.05, 0) is 56.7 Å². The second-order valence-electron chi connectivity index (χ2n) is 6.39. The molecule has 0 heterocycles. The lowest BCUT2D eigenvalue weighted by molar-refractivity contribution is 0.0614. The normalized spacial score (nSPS) is 27.7. The molecule has 0 spiro atoms. The van der Waals surface area contributed by atoms with Crippen LogP contribution < -0.4 is 5.73 Å². The van der Waals surface area contributed by atoms with Crippen LogP contribution in [-0.4, -0.2) is 24.0 Å². The molecule has 0 aliphatic heterocycles. The summed E-state index contributed by atoms with van der Waals surface area (Å²) in [5, 5.41) is 0. The van der Waals surface area contributed by atoms with Crippen LogP contribution in [-0.2, 0) is 6.54 Å². The van der Waals surface area contributed by atoms with Crippen molar-refractivity contribution in [1.82, 2.24) is 4.90 Å². The van der Waals surface area contributed by atoms with E-state index in [1.807, 2.05) is 0 Å². The molecular weight excluding hydrogens is 232 g/mol. The van der Waals surface area contributed by atoms with Crippen LogP contribution in [0.4, 0.5) is 0 Å². The number of benzene rings is 1. The van der Waals surface area contributed by atoms with Crippen LogP contribution in [0.2, 0.25) is 0 Å². The number of likely N-dealkylation sites (N-methyl/N-ethyl adjacent to an activating group) is 1. The molecule has 2 rings (SSSR count). The van der Waals surface area contributed by atoms with Gasteiger partial charge in [0.15, 0.2) is 0 Å². The molecule has 0 amide bonds. The summed E-state index contributed by atoms with van der Waals surface area (Å²) >= 11 is 0. The molecule has 0 unspecified atom stereocenters. The molecule has 1 aromatic rings. The highest BCUT2D eigenvalue weighted by molar-refractivity contribution is 5.25. The lowest BCUT2D eigenvalue weighted by Crippen LogP contribution is -2.53. The summed E-state index contributed by atoms with van der Waals surface area (Å²) in [6, 6.07) is 8.68. The predicted molar refractivity (Wildman–Crippen MR) is 82.1 cm³/mol. The Morgan fingerprint density at radius 1 is 1.26 bits per heavy atom. The third-order valence-electron chi connectivity index (χ3n) is 5.06. The Labute approximate surface area is 118 Å². The topological polar surface area (TPSA) is 29.3 Å². The second-order valence-corrected chi connectivity index (χ2v) is 6.39. The van der Waals surface area contributed by atoms with E-state index in [2.05, 4.69) is 50.1 Å². The second kappa shape index (κ2) is 6.06. The number of hydrogen-bond donors (Lipinski definition) is 1. The first-order valence-electron chi connectivity index (χ1n) is 7.53. The summed E-state index contributed by atoms with van der Waals surface area (Å²) in [5.41, 5.74) is 9.16. The summed E-state index contributed by atoms with van der Waals surface area (Å²) in [6.45, 7) is 6.35. The molecule has 19 heavy (non-hydrogen) atoms. The van der Waals surface area contributed by atoms with Crippen molar-refractivity contribution in [3.05, 3.63) is 35.4 Å². The van der Waals surface area contributed by atoms with Gasteiger partial charge in [-0.15, -0.1) is 0 Å². The highest BCUT2D eigenvalue weighted by atomic mass is 15.2.